The van der Waals surface area contributed by atoms with Crippen molar-refractivity contribution in [3.05, 3.63) is 0 Å². The summed E-state index contributed by atoms with van der Waals surface area (Å²) in [7, 11) is 0. The fraction of sp³-hybridized carbons (Fsp3) is 0.889. The number of hydrogen-bond acceptors (Lipinski definition) is 1. The molecule has 4 nitrogen and oxygen atoms in total. The molecule has 22 heavy (non-hydrogen) atoms. The van der Waals surface area contributed by atoms with Crippen molar-refractivity contribution in [2.24, 2.45) is 11.3 Å². The van der Waals surface area contributed by atoms with Crippen molar-refractivity contribution < 1.29 is 14.7 Å². The minimum absolute atomic E-state index is 0.112. The average molecular weight is 305 g/mol. The van der Waals surface area contributed by atoms with Crippen LogP contribution in [0.1, 0.15) is 65.2 Å². The summed E-state index contributed by atoms with van der Waals surface area (Å²) in [5.41, 5.74) is 1.09. The second-order valence-electron chi connectivity index (χ2n) is 8.50. The SMILES string of the molecule is CC(C)[NH+]1C[C@@H]2CCC[C@@]3(C1)C(=O)NC1(CCCCC1)[NH+]=C23. The number of likely N-dealkylation sites (tertiary alicyclic amines) is 1. The standard InChI is InChI=1S/C18H29N3O/c1-13(2)21-11-14-7-6-8-17(12-21)15(14)19-18(20-16(17)22)9-4-3-5-10-18/h13-14H,3-12H2,1-2H3,(H,20,22)/p+2/t14-,17-/m0/s1. The molecule has 2 aliphatic carbocycles. The minimum atomic E-state index is -0.219. The smallest absolute Gasteiger partial charge is 0.247 e. The van der Waals surface area contributed by atoms with Crippen LogP contribution < -0.4 is 15.2 Å². The minimum Gasteiger partial charge on any atom is -0.331 e. The van der Waals surface area contributed by atoms with Gasteiger partial charge in [-0.05, 0) is 39.5 Å². The lowest BCUT2D eigenvalue weighted by Gasteiger charge is -2.49. The zero-order valence-corrected chi connectivity index (χ0v) is 14.1. The first kappa shape index (κ1) is 14.7. The number of hydrogen-bond donors (Lipinski definition) is 3. The van der Waals surface area contributed by atoms with E-state index < -0.39 is 0 Å². The molecule has 3 fully saturated rings. The third-order valence-electron chi connectivity index (χ3n) is 6.80. The Labute approximate surface area is 133 Å². The Balaban J connectivity index is 1.74. The van der Waals surface area contributed by atoms with Crippen LogP contribution in [0.2, 0.25) is 0 Å². The van der Waals surface area contributed by atoms with E-state index in [1.807, 2.05) is 0 Å². The van der Waals surface area contributed by atoms with Gasteiger partial charge in [0.1, 0.15) is 6.54 Å². The van der Waals surface area contributed by atoms with Gasteiger partial charge >= 0.3 is 0 Å². The van der Waals surface area contributed by atoms with Gasteiger partial charge in [-0.2, -0.15) is 0 Å². The third kappa shape index (κ3) is 2.06. The molecule has 0 aromatic heterocycles. The van der Waals surface area contributed by atoms with E-state index in [1.165, 1.54) is 44.4 Å². The van der Waals surface area contributed by atoms with E-state index in [9.17, 15) is 4.79 Å². The quantitative estimate of drug-likeness (QED) is 0.595. The Bertz CT molecular complexity index is 506. The molecule has 1 amide bonds. The maximum atomic E-state index is 13.2. The highest BCUT2D eigenvalue weighted by atomic mass is 16.2. The molecule has 1 saturated heterocycles. The molecule has 122 valence electrons. The van der Waals surface area contributed by atoms with E-state index in [4.69, 9.17) is 0 Å². The molecular formula is C18H31N3O+2. The molecule has 4 heteroatoms. The second-order valence-corrected chi connectivity index (χ2v) is 8.50. The summed E-state index contributed by atoms with van der Waals surface area (Å²) in [5.74, 6) is 0.940. The third-order valence-corrected chi connectivity index (χ3v) is 6.80. The fourth-order valence-corrected chi connectivity index (χ4v) is 5.49. The summed E-state index contributed by atoms with van der Waals surface area (Å²) in [5, 5.41) is 3.45. The average Bonchev–Trinajstić information content (AvgIpc) is 2.47. The Hall–Kier alpha value is -0.900. The predicted molar refractivity (Wildman–Crippen MR) is 85.5 cm³/mol. The van der Waals surface area contributed by atoms with Gasteiger partial charge in [0, 0.05) is 12.8 Å². The first-order valence-corrected chi connectivity index (χ1v) is 9.37. The van der Waals surface area contributed by atoms with Crippen LogP contribution in [-0.4, -0.2) is 36.4 Å². The van der Waals surface area contributed by atoms with E-state index in [0.717, 1.165) is 25.8 Å². The molecule has 4 rings (SSSR count). The number of carbonyl (C=O) groups excluding carboxylic acids is 1. The lowest BCUT2D eigenvalue weighted by molar-refractivity contribution is -0.932. The van der Waals surface area contributed by atoms with Gasteiger partial charge in [0.15, 0.2) is 11.1 Å². The van der Waals surface area contributed by atoms with Crippen molar-refractivity contribution in [2.45, 2.75) is 76.9 Å². The molecule has 0 aromatic carbocycles. The molecule has 2 bridgehead atoms. The number of carbonyl (C=O) groups is 1. The van der Waals surface area contributed by atoms with E-state index >= 15 is 0 Å². The van der Waals surface area contributed by atoms with Crippen LogP contribution in [0.5, 0.6) is 0 Å². The van der Waals surface area contributed by atoms with Gasteiger partial charge in [-0.15, -0.1) is 0 Å². The molecule has 1 spiro atoms. The molecule has 2 saturated carbocycles. The second kappa shape index (κ2) is 5.05. The summed E-state index contributed by atoms with van der Waals surface area (Å²) in [4.78, 5) is 18.8. The Morgan fingerprint density at radius 2 is 1.95 bits per heavy atom. The highest BCUT2D eigenvalue weighted by Gasteiger charge is 2.64. The first-order chi connectivity index (χ1) is 10.5. The molecule has 3 N–H and O–H groups in total. The van der Waals surface area contributed by atoms with Crippen LogP contribution in [0.4, 0.5) is 0 Å². The Morgan fingerprint density at radius 3 is 2.68 bits per heavy atom. The maximum absolute atomic E-state index is 13.2. The highest BCUT2D eigenvalue weighted by molar-refractivity contribution is 6.09. The molecule has 3 atom stereocenters. The van der Waals surface area contributed by atoms with Gasteiger partial charge in [0.2, 0.25) is 11.6 Å². The van der Waals surface area contributed by atoms with Gasteiger partial charge in [0.05, 0.1) is 18.5 Å². The van der Waals surface area contributed by atoms with E-state index in [-0.39, 0.29) is 11.1 Å². The van der Waals surface area contributed by atoms with E-state index in [0.29, 0.717) is 17.9 Å². The Morgan fingerprint density at radius 1 is 1.18 bits per heavy atom. The van der Waals surface area contributed by atoms with E-state index in [2.05, 4.69) is 24.2 Å². The summed E-state index contributed by atoms with van der Waals surface area (Å²) < 4.78 is 0. The molecule has 0 aromatic rings. The summed E-state index contributed by atoms with van der Waals surface area (Å²) in [6.45, 7) is 6.80. The van der Waals surface area contributed by atoms with Crippen LogP contribution in [0.15, 0.2) is 0 Å². The van der Waals surface area contributed by atoms with Crippen molar-refractivity contribution >= 4 is 11.6 Å². The monoisotopic (exact) mass is 305 g/mol. The summed E-state index contributed by atoms with van der Waals surface area (Å²) >= 11 is 0. The Kier molecular flexibility index (Phi) is 3.37. The van der Waals surface area contributed by atoms with E-state index in [1.54, 1.807) is 4.90 Å². The number of nitrogens with one attached hydrogen (secondary N) is 3. The lowest BCUT2D eigenvalue weighted by atomic mass is 9.62. The molecule has 4 aliphatic rings. The van der Waals surface area contributed by atoms with Crippen LogP contribution in [0, 0.1) is 11.3 Å². The molecular weight excluding hydrogens is 274 g/mol. The van der Waals surface area contributed by atoms with Crippen molar-refractivity contribution in [1.82, 2.24) is 5.32 Å². The van der Waals surface area contributed by atoms with Gasteiger partial charge in [-0.1, -0.05) is 12.8 Å². The number of amides is 1. The van der Waals surface area contributed by atoms with Crippen molar-refractivity contribution in [3.63, 3.8) is 0 Å². The normalized spacial score (nSPS) is 40.1. The van der Waals surface area contributed by atoms with Crippen molar-refractivity contribution in [2.75, 3.05) is 13.1 Å². The zero-order valence-electron chi connectivity index (χ0n) is 14.1. The predicted octanol–water partition coefficient (Wildman–Crippen LogP) is -0.608. The van der Waals surface area contributed by atoms with Gasteiger partial charge < -0.3 is 4.90 Å². The fourth-order valence-electron chi connectivity index (χ4n) is 5.49. The highest BCUT2D eigenvalue weighted by Crippen LogP contribution is 2.39. The maximum Gasteiger partial charge on any atom is 0.247 e. The van der Waals surface area contributed by atoms with Crippen molar-refractivity contribution in [3.8, 4) is 0 Å². The van der Waals surface area contributed by atoms with Crippen LogP contribution in [-0.2, 0) is 4.79 Å². The lowest BCUT2D eigenvalue weighted by Crippen LogP contribution is -3.20. The first-order valence-electron chi connectivity index (χ1n) is 9.37. The van der Waals surface area contributed by atoms with Crippen LogP contribution >= 0.6 is 0 Å². The molecule has 1 unspecified atom stereocenters. The van der Waals surface area contributed by atoms with Crippen LogP contribution in [0.3, 0.4) is 0 Å². The van der Waals surface area contributed by atoms with Crippen molar-refractivity contribution in [1.29, 1.82) is 0 Å². The number of piperidine rings is 1. The molecule has 2 heterocycles. The molecule has 2 aliphatic heterocycles. The largest absolute Gasteiger partial charge is 0.331 e. The molecule has 0 radical (unpaired) electrons. The zero-order chi connectivity index (χ0) is 15.4. The number of quaternary nitrogens is 1. The summed E-state index contributed by atoms with van der Waals surface area (Å²) in [6.07, 6.45) is 9.52. The topological polar surface area (TPSA) is 47.5 Å². The number of rotatable bonds is 1. The summed E-state index contributed by atoms with van der Waals surface area (Å²) in [6, 6.07) is 0.609. The van der Waals surface area contributed by atoms with Crippen LogP contribution in [0.25, 0.3) is 0 Å². The van der Waals surface area contributed by atoms with Gasteiger partial charge in [-0.25, -0.2) is 4.99 Å². The van der Waals surface area contributed by atoms with Gasteiger partial charge in [0.25, 0.3) is 0 Å². The van der Waals surface area contributed by atoms with Gasteiger partial charge in [-0.3, -0.25) is 10.1 Å².